The number of fused-ring (bicyclic) bond motifs is 1. The summed E-state index contributed by atoms with van der Waals surface area (Å²) in [5, 5.41) is 16.1. The number of carbonyl (C=O) groups excluding carboxylic acids is 1. The molecule has 7 nitrogen and oxygen atoms in total. The van der Waals surface area contributed by atoms with Crippen LogP contribution in [0.15, 0.2) is 36.5 Å². The standard InChI is InChI=1S/C13H11N5O2/c1-2-20-13(19)11-10-8-14-17-15-12(10)18(16-11)9-6-4-3-5-7-9/h3-8H,2H2,1H3. The number of carbonyl (C=O) groups is 1. The predicted octanol–water partition coefficient (Wildman–Crippen LogP) is 1.39. The Morgan fingerprint density at radius 2 is 2.10 bits per heavy atom. The number of aromatic nitrogens is 5. The zero-order chi connectivity index (χ0) is 13.9. The van der Waals surface area contributed by atoms with Crippen LogP contribution in [0.5, 0.6) is 0 Å². The van der Waals surface area contributed by atoms with Crippen molar-refractivity contribution in [1.29, 1.82) is 0 Å². The summed E-state index contributed by atoms with van der Waals surface area (Å²) in [6, 6.07) is 9.38. The van der Waals surface area contributed by atoms with E-state index in [2.05, 4.69) is 20.5 Å². The first kappa shape index (κ1) is 12.2. The van der Waals surface area contributed by atoms with Gasteiger partial charge in [0.05, 0.1) is 23.9 Å². The number of ether oxygens (including phenoxy) is 1. The minimum atomic E-state index is -0.498. The Morgan fingerprint density at radius 3 is 2.85 bits per heavy atom. The summed E-state index contributed by atoms with van der Waals surface area (Å²) >= 11 is 0. The number of hydrogen-bond donors (Lipinski definition) is 0. The lowest BCUT2D eigenvalue weighted by Crippen LogP contribution is -2.07. The highest BCUT2D eigenvalue weighted by Crippen LogP contribution is 2.19. The normalized spacial score (nSPS) is 10.7. The highest BCUT2D eigenvalue weighted by molar-refractivity contribution is 6.01. The lowest BCUT2D eigenvalue weighted by atomic mass is 10.3. The lowest BCUT2D eigenvalue weighted by molar-refractivity contribution is 0.0521. The lowest BCUT2D eigenvalue weighted by Gasteiger charge is -2.00. The van der Waals surface area contributed by atoms with Gasteiger partial charge < -0.3 is 4.74 Å². The van der Waals surface area contributed by atoms with Crippen molar-refractivity contribution in [3.63, 3.8) is 0 Å². The van der Waals surface area contributed by atoms with E-state index in [-0.39, 0.29) is 12.3 Å². The largest absolute Gasteiger partial charge is 0.461 e. The first-order valence-corrected chi connectivity index (χ1v) is 6.11. The quantitative estimate of drug-likeness (QED) is 0.668. The molecule has 0 amide bonds. The van der Waals surface area contributed by atoms with E-state index in [1.54, 1.807) is 11.6 Å². The van der Waals surface area contributed by atoms with E-state index in [9.17, 15) is 4.79 Å². The molecule has 0 unspecified atom stereocenters. The van der Waals surface area contributed by atoms with Crippen LogP contribution < -0.4 is 0 Å². The van der Waals surface area contributed by atoms with Gasteiger partial charge in [0.1, 0.15) is 0 Å². The van der Waals surface area contributed by atoms with Crippen LogP contribution in [0.3, 0.4) is 0 Å². The van der Waals surface area contributed by atoms with Crippen molar-refractivity contribution >= 4 is 17.0 Å². The van der Waals surface area contributed by atoms with Crippen LogP contribution in [-0.4, -0.2) is 37.8 Å². The molecule has 0 fully saturated rings. The zero-order valence-electron chi connectivity index (χ0n) is 10.7. The van der Waals surface area contributed by atoms with Crippen LogP contribution in [-0.2, 0) is 4.74 Å². The molecule has 0 saturated heterocycles. The van der Waals surface area contributed by atoms with Crippen molar-refractivity contribution in [2.45, 2.75) is 6.92 Å². The van der Waals surface area contributed by atoms with Gasteiger partial charge in [-0.1, -0.05) is 18.2 Å². The van der Waals surface area contributed by atoms with Gasteiger partial charge in [-0.25, -0.2) is 9.48 Å². The van der Waals surface area contributed by atoms with Gasteiger partial charge in [0.25, 0.3) is 0 Å². The molecule has 0 atom stereocenters. The molecule has 0 radical (unpaired) electrons. The van der Waals surface area contributed by atoms with Gasteiger partial charge in [0, 0.05) is 0 Å². The van der Waals surface area contributed by atoms with E-state index >= 15 is 0 Å². The van der Waals surface area contributed by atoms with Gasteiger partial charge in [-0.2, -0.15) is 5.10 Å². The summed E-state index contributed by atoms with van der Waals surface area (Å²) < 4.78 is 6.55. The molecule has 0 bridgehead atoms. The molecule has 1 aromatic carbocycles. The van der Waals surface area contributed by atoms with Crippen molar-refractivity contribution in [3.05, 3.63) is 42.2 Å². The molecule has 100 valence electrons. The second-order valence-electron chi connectivity index (χ2n) is 3.99. The average Bonchev–Trinajstić information content (AvgIpc) is 2.88. The topological polar surface area (TPSA) is 82.8 Å². The average molecular weight is 269 g/mol. The molecule has 0 spiro atoms. The second kappa shape index (κ2) is 5.04. The summed E-state index contributed by atoms with van der Waals surface area (Å²) in [5.74, 6) is -0.498. The van der Waals surface area contributed by atoms with Crippen molar-refractivity contribution in [2.24, 2.45) is 0 Å². The first-order valence-electron chi connectivity index (χ1n) is 6.11. The number of rotatable bonds is 3. The van der Waals surface area contributed by atoms with E-state index in [1.165, 1.54) is 6.20 Å². The van der Waals surface area contributed by atoms with E-state index in [1.807, 2.05) is 30.3 Å². The SMILES string of the molecule is CCOC(=O)c1nn(-c2ccccc2)c2nnncc12. The van der Waals surface area contributed by atoms with Crippen LogP contribution in [0, 0.1) is 0 Å². The maximum absolute atomic E-state index is 11.9. The minimum absolute atomic E-state index is 0.188. The van der Waals surface area contributed by atoms with Crippen LogP contribution in [0.1, 0.15) is 17.4 Å². The molecule has 2 heterocycles. The maximum atomic E-state index is 11.9. The fraction of sp³-hybridized carbons (Fsp3) is 0.154. The highest BCUT2D eigenvalue weighted by atomic mass is 16.5. The Balaban J connectivity index is 2.22. The Kier molecular flexibility index (Phi) is 3.08. The summed E-state index contributed by atoms with van der Waals surface area (Å²) in [6.45, 7) is 2.02. The van der Waals surface area contributed by atoms with Crippen molar-refractivity contribution < 1.29 is 9.53 Å². The second-order valence-corrected chi connectivity index (χ2v) is 3.99. The fourth-order valence-corrected chi connectivity index (χ4v) is 1.89. The van der Waals surface area contributed by atoms with Gasteiger partial charge in [0.2, 0.25) is 0 Å². The van der Waals surface area contributed by atoms with Crippen molar-refractivity contribution in [1.82, 2.24) is 25.2 Å². The Labute approximate surface area is 114 Å². The van der Waals surface area contributed by atoms with Gasteiger partial charge in [-0.15, -0.1) is 10.2 Å². The van der Waals surface area contributed by atoms with E-state index in [0.29, 0.717) is 11.0 Å². The van der Waals surface area contributed by atoms with Crippen LogP contribution >= 0.6 is 0 Å². The molecule has 0 aliphatic rings. The molecule has 20 heavy (non-hydrogen) atoms. The number of benzene rings is 1. The smallest absolute Gasteiger partial charge is 0.359 e. The summed E-state index contributed by atoms with van der Waals surface area (Å²) in [7, 11) is 0. The Hall–Kier alpha value is -2.83. The number of hydrogen-bond acceptors (Lipinski definition) is 6. The van der Waals surface area contributed by atoms with E-state index in [0.717, 1.165) is 5.69 Å². The molecule has 7 heteroatoms. The number of esters is 1. The molecule has 3 aromatic rings. The van der Waals surface area contributed by atoms with Crippen LogP contribution in [0.2, 0.25) is 0 Å². The molecule has 0 N–H and O–H groups in total. The van der Waals surface area contributed by atoms with Gasteiger partial charge in [0.15, 0.2) is 11.3 Å². The summed E-state index contributed by atoms with van der Waals surface area (Å²) in [4.78, 5) is 11.9. The van der Waals surface area contributed by atoms with Gasteiger partial charge in [-0.3, -0.25) is 0 Å². The Bertz CT molecular complexity index is 754. The molecule has 3 rings (SSSR count). The van der Waals surface area contributed by atoms with E-state index in [4.69, 9.17) is 4.74 Å². The molecular formula is C13H11N5O2. The minimum Gasteiger partial charge on any atom is -0.461 e. The third kappa shape index (κ3) is 1.99. The molecule has 0 aliphatic heterocycles. The van der Waals surface area contributed by atoms with Crippen LogP contribution in [0.4, 0.5) is 0 Å². The zero-order valence-corrected chi connectivity index (χ0v) is 10.7. The first-order chi connectivity index (χ1) is 9.81. The molecule has 2 aromatic heterocycles. The van der Waals surface area contributed by atoms with Gasteiger partial charge >= 0.3 is 5.97 Å². The van der Waals surface area contributed by atoms with Crippen molar-refractivity contribution in [2.75, 3.05) is 6.61 Å². The third-order valence-corrected chi connectivity index (χ3v) is 2.74. The molecule has 0 saturated carbocycles. The van der Waals surface area contributed by atoms with Crippen LogP contribution in [0.25, 0.3) is 16.7 Å². The Morgan fingerprint density at radius 1 is 1.30 bits per heavy atom. The highest BCUT2D eigenvalue weighted by Gasteiger charge is 2.20. The summed E-state index contributed by atoms with van der Waals surface area (Å²) in [5.41, 5.74) is 1.44. The predicted molar refractivity (Wildman–Crippen MR) is 70.4 cm³/mol. The van der Waals surface area contributed by atoms with E-state index < -0.39 is 5.97 Å². The number of nitrogens with zero attached hydrogens (tertiary/aromatic N) is 5. The summed E-state index contributed by atoms with van der Waals surface area (Å²) in [6.07, 6.45) is 1.46. The van der Waals surface area contributed by atoms with Gasteiger partial charge in [-0.05, 0) is 24.3 Å². The molecular weight excluding hydrogens is 258 g/mol. The monoisotopic (exact) mass is 269 g/mol. The third-order valence-electron chi connectivity index (χ3n) is 2.74. The number of para-hydroxylation sites is 1. The van der Waals surface area contributed by atoms with Crippen molar-refractivity contribution in [3.8, 4) is 5.69 Å². The fourth-order valence-electron chi connectivity index (χ4n) is 1.89. The molecule has 0 aliphatic carbocycles. The maximum Gasteiger partial charge on any atom is 0.359 e.